The minimum absolute atomic E-state index is 0.00153. The van der Waals surface area contributed by atoms with Crippen LogP contribution in [0, 0.1) is 28.6 Å². The Morgan fingerprint density at radius 3 is 2.59 bits per heavy atom. The largest absolute Gasteiger partial charge is 0.390 e. The lowest BCUT2D eigenvalue weighted by atomic mass is 9.43. The van der Waals surface area contributed by atoms with Crippen molar-refractivity contribution in [3.05, 3.63) is 23.8 Å². The number of aliphatic hydroxyl groups is 2. The summed E-state index contributed by atoms with van der Waals surface area (Å²) in [5.74, 6) is -1.11. The molecule has 0 aromatic heterocycles. The number of alkyl halides is 1. The molecule has 0 aromatic rings. The van der Waals surface area contributed by atoms with Crippen molar-refractivity contribution >= 4 is 11.6 Å². The average Bonchev–Trinajstić information content (AvgIpc) is 2.85. The molecule has 0 aliphatic heterocycles. The number of hydrogen-bond acceptors (Lipinski definition) is 4. The van der Waals surface area contributed by atoms with Crippen molar-refractivity contribution in [1.82, 2.24) is 0 Å². The Hall–Kier alpha value is -1.33. The van der Waals surface area contributed by atoms with E-state index in [9.17, 15) is 19.8 Å². The summed E-state index contributed by atoms with van der Waals surface area (Å²) in [6, 6.07) is 0. The van der Waals surface area contributed by atoms with Crippen LogP contribution < -0.4 is 0 Å². The standard InChI is InChI=1S/C22H29FO4/c1-12-9-17-15-6-8-21(27,13(2)24)20(15,4)11-18(26)22(17,23)19(3)7-5-14(25)10-16(12)19/h5,7,10,12,15,17-18,26-27H,6,8-9,11H2,1-4H3/t12-,15-,17-,18+,19-,20-,21-,22-/m0/s1. The molecule has 4 rings (SSSR count). The molecule has 0 saturated heterocycles. The molecule has 4 nitrogen and oxygen atoms in total. The van der Waals surface area contributed by atoms with E-state index < -0.39 is 34.1 Å². The first-order chi connectivity index (χ1) is 12.4. The summed E-state index contributed by atoms with van der Waals surface area (Å²) in [5, 5.41) is 22.3. The molecule has 4 aliphatic carbocycles. The van der Waals surface area contributed by atoms with Crippen molar-refractivity contribution in [3.63, 3.8) is 0 Å². The van der Waals surface area contributed by atoms with Crippen molar-refractivity contribution in [3.8, 4) is 0 Å². The minimum atomic E-state index is -1.92. The topological polar surface area (TPSA) is 74.6 Å². The van der Waals surface area contributed by atoms with E-state index in [2.05, 4.69) is 0 Å². The number of ketones is 2. The third-order valence-electron chi connectivity index (χ3n) is 8.70. The Labute approximate surface area is 159 Å². The predicted octanol–water partition coefficient (Wildman–Crippen LogP) is 2.92. The second-order valence-corrected chi connectivity index (χ2v) is 9.75. The third kappa shape index (κ3) is 2.00. The van der Waals surface area contributed by atoms with E-state index in [0.29, 0.717) is 19.3 Å². The molecule has 0 heterocycles. The van der Waals surface area contributed by atoms with E-state index in [1.165, 1.54) is 19.1 Å². The number of hydrogen-bond donors (Lipinski definition) is 2. The van der Waals surface area contributed by atoms with Crippen LogP contribution in [0.1, 0.15) is 53.4 Å². The smallest absolute Gasteiger partial charge is 0.178 e. The van der Waals surface area contributed by atoms with Gasteiger partial charge in [-0.15, -0.1) is 0 Å². The fraction of sp³-hybridized carbons (Fsp3) is 0.727. The second-order valence-electron chi connectivity index (χ2n) is 9.75. The summed E-state index contributed by atoms with van der Waals surface area (Å²) in [5.41, 5.74) is -4.59. The van der Waals surface area contributed by atoms with E-state index in [0.717, 1.165) is 5.57 Å². The first-order valence-corrected chi connectivity index (χ1v) is 9.97. The molecule has 0 bridgehead atoms. The van der Waals surface area contributed by atoms with E-state index in [1.54, 1.807) is 13.0 Å². The van der Waals surface area contributed by atoms with Crippen LogP contribution in [-0.4, -0.2) is 39.2 Å². The van der Waals surface area contributed by atoms with Crippen LogP contribution in [0.3, 0.4) is 0 Å². The van der Waals surface area contributed by atoms with E-state index >= 15 is 4.39 Å². The van der Waals surface area contributed by atoms with Crippen LogP contribution >= 0.6 is 0 Å². The lowest BCUT2D eigenvalue weighted by Gasteiger charge is -2.63. The molecule has 0 radical (unpaired) electrons. The number of carbonyl (C=O) groups is 2. The Kier molecular flexibility index (Phi) is 3.79. The maximum absolute atomic E-state index is 16.9. The van der Waals surface area contributed by atoms with Crippen molar-refractivity contribution < 1.29 is 24.2 Å². The molecule has 148 valence electrons. The Balaban J connectivity index is 1.86. The molecule has 4 aliphatic rings. The van der Waals surface area contributed by atoms with E-state index in [1.807, 2.05) is 13.8 Å². The van der Waals surface area contributed by atoms with Gasteiger partial charge in [-0.25, -0.2) is 4.39 Å². The van der Waals surface area contributed by atoms with Crippen molar-refractivity contribution in [2.24, 2.45) is 28.6 Å². The highest BCUT2D eigenvalue weighted by atomic mass is 19.1. The Morgan fingerprint density at radius 1 is 1.30 bits per heavy atom. The van der Waals surface area contributed by atoms with E-state index in [4.69, 9.17) is 0 Å². The predicted molar refractivity (Wildman–Crippen MR) is 98.5 cm³/mol. The molecule has 5 heteroatoms. The van der Waals surface area contributed by atoms with Gasteiger partial charge in [-0.05, 0) is 63.5 Å². The van der Waals surface area contributed by atoms with Gasteiger partial charge in [-0.1, -0.05) is 25.5 Å². The SMILES string of the molecule is CC(=O)[C@@]1(O)CC[C@H]2[C@@H]3C[C@H](C)C4=CC(=O)C=C[C@]4(C)[C@@]3(F)[C@H](O)C[C@@]21C. The monoisotopic (exact) mass is 376 g/mol. The van der Waals surface area contributed by atoms with Gasteiger partial charge in [0.2, 0.25) is 0 Å². The summed E-state index contributed by atoms with van der Waals surface area (Å²) < 4.78 is 16.9. The maximum atomic E-state index is 16.9. The summed E-state index contributed by atoms with van der Waals surface area (Å²) in [6.45, 7) is 7.01. The molecule has 27 heavy (non-hydrogen) atoms. The van der Waals surface area contributed by atoms with Gasteiger partial charge in [0, 0.05) is 16.7 Å². The van der Waals surface area contributed by atoms with Crippen molar-refractivity contribution in [1.29, 1.82) is 0 Å². The summed E-state index contributed by atoms with van der Waals surface area (Å²) in [7, 11) is 0. The number of carbonyl (C=O) groups excluding carboxylic acids is 2. The highest BCUT2D eigenvalue weighted by Crippen LogP contribution is 2.70. The third-order valence-corrected chi connectivity index (χ3v) is 8.70. The quantitative estimate of drug-likeness (QED) is 0.738. The van der Waals surface area contributed by atoms with E-state index in [-0.39, 0.29) is 29.8 Å². The number of Topliss-reactive ketones (excluding diaryl/α,β-unsaturated/α-hetero) is 1. The molecule has 2 N–H and O–H groups in total. The van der Waals surface area contributed by atoms with Crippen molar-refractivity contribution in [2.75, 3.05) is 0 Å². The molecule has 0 unspecified atom stereocenters. The first-order valence-electron chi connectivity index (χ1n) is 9.97. The zero-order valence-electron chi connectivity index (χ0n) is 16.5. The van der Waals surface area contributed by atoms with Gasteiger partial charge in [0.05, 0.1) is 6.10 Å². The van der Waals surface area contributed by atoms with Crippen LogP contribution in [0.15, 0.2) is 23.8 Å². The number of rotatable bonds is 1. The molecular weight excluding hydrogens is 347 g/mol. The van der Waals surface area contributed by atoms with Crippen molar-refractivity contribution in [2.45, 2.75) is 70.8 Å². The molecule has 8 atom stereocenters. The molecule has 0 aromatic carbocycles. The average molecular weight is 376 g/mol. The van der Waals surface area contributed by atoms with Crippen LogP contribution in [0.4, 0.5) is 4.39 Å². The second kappa shape index (κ2) is 5.38. The Morgan fingerprint density at radius 2 is 1.96 bits per heavy atom. The van der Waals surface area contributed by atoms with Crippen LogP contribution in [0.25, 0.3) is 0 Å². The zero-order valence-corrected chi connectivity index (χ0v) is 16.5. The maximum Gasteiger partial charge on any atom is 0.178 e. The summed E-state index contributed by atoms with van der Waals surface area (Å²) in [4.78, 5) is 24.2. The van der Waals surface area contributed by atoms with Gasteiger partial charge in [0.1, 0.15) is 5.60 Å². The first kappa shape index (κ1) is 19.0. The fourth-order valence-electron chi connectivity index (χ4n) is 7.18. The highest BCUT2D eigenvalue weighted by Gasteiger charge is 2.74. The minimum Gasteiger partial charge on any atom is -0.390 e. The summed E-state index contributed by atoms with van der Waals surface area (Å²) >= 11 is 0. The molecule has 0 spiro atoms. The summed E-state index contributed by atoms with van der Waals surface area (Å²) in [6.07, 6.45) is 4.68. The van der Waals surface area contributed by atoms with Gasteiger partial charge >= 0.3 is 0 Å². The van der Waals surface area contributed by atoms with Gasteiger partial charge in [-0.2, -0.15) is 0 Å². The highest BCUT2D eigenvalue weighted by molar-refractivity contribution is 6.01. The molecule has 3 saturated carbocycles. The van der Waals surface area contributed by atoms with Crippen LogP contribution in [-0.2, 0) is 9.59 Å². The normalized spacial score (nSPS) is 54.0. The van der Waals surface area contributed by atoms with Gasteiger partial charge in [0.25, 0.3) is 0 Å². The van der Waals surface area contributed by atoms with Crippen LogP contribution in [0.5, 0.6) is 0 Å². The Bertz CT molecular complexity index is 787. The zero-order chi connectivity index (χ0) is 20.0. The number of fused-ring (bicyclic) bond motifs is 5. The number of halogens is 1. The number of allylic oxidation sites excluding steroid dienone is 4. The molecular formula is C22H29FO4. The fourth-order valence-corrected chi connectivity index (χ4v) is 7.18. The molecule has 0 amide bonds. The van der Waals surface area contributed by atoms with Crippen LogP contribution in [0.2, 0.25) is 0 Å². The lowest BCUT2D eigenvalue weighted by Crippen LogP contribution is -2.69. The number of aliphatic hydroxyl groups excluding tert-OH is 1. The molecule has 3 fully saturated rings. The lowest BCUT2D eigenvalue weighted by molar-refractivity contribution is -0.219. The van der Waals surface area contributed by atoms with Gasteiger partial charge < -0.3 is 10.2 Å². The van der Waals surface area contributed by atoms with Gasteiger partial charge in [-0.3, -0.25) is 9.59 Å². The van der Waals surface area contributed by atoms with Gasteiger partial charge in [0.15, 0.2) is 17.2 Å².